The van der Waals surface area contributed by atoms with Crippen LogP contribution in [0.5, 0.6) is 0 Å². The van der Waals surface area contributed by atoms with Crippen LogP contribution in [0.2, 0.25) is 0 Å². The quantitative estimate of drug-likeness (QED) is 0.484. The molecule has 4 heteroatoms. The summed E-state index contributed by atoms with van der Waals surface area (Å²) in [5.74, 6) is 1.28. The van der Waals surface area contributed by atoms with Crippen LogP contribution in [0.25, 0.3) is 0 Å². The van der Waals surface area contributed by atoms with Gasteiger partial charge in [0.15, 0.2) is 5.11 Å². The molecule has 2 nitrogen and oxygen atoms in total. The molecule has 0 bridgehead atoms. The first-order chi connectivity index (χ1) is 7.31. The highest BCUT2D eigenvalue weighted by molar-refractivity contribution is 7.98. The van der Waals surface area contributed by atoms with Crippen LogP contribution in [0.4, 0.5) is 0 Å². The fourth-order valence-electron chi connectivity index (χ4n) is 1.19. The topological polar surface area (TPSA) is 24.1 Å². The standard InChI is InChI=1S/C11H24N2S2/c1-3-4-8-12-11(14)13-9-6-5-7-10-15-2/h3-10H2,1-2H3,(H2,12,13,14). The van der Waals surface area contributed by atoms with Crippen molar-refractivity contribution in [2.24, 2.45) is 0 Å². The van der Waals surface area contributed by atoms with Crippen molar-refractivity contribution < 1.29 is 0 Å². The number of thiocarbonyl (C=S) groups is 1. The van der Waals surface area contributed by atoms with Crippen LogP contribution in [0.3, 0.4) is 0 Å². The van der Waals surface area contributed by atoms with Gasteiger partial charge in [0.05, 0.1) is 0 Å². The predicted molar refractivity (Wildman–Crippen MR) is 75.7 cm³/mol. The fourth-order valence-corrected chi connectivity index (χ4v) is 1.89. The Balaban J connectivity index is 3.10. The smallest absolute Gasteiger partial charge is 0.166 e. The number of hydrogen-bond donors (Lipinski definition) is 2. The van der Waals surface area contributed by atoms with E-state index < -0.39 is 0 Å². The molecule has 0 aromatic rings. The summed E-state index contributed by atoms with van der Waals surface area (Å²) in [6.45, 7) is 4.19. The zero-order chi connectivity index (χ0) is 11.4. The third-order valence-electron chi connectivity index (χ3n) is 2.13. The van der Waals surface area contributed by atoms with Gasteiger partial charge in [-0.05, 0) is 43.5 Å². The highest BCUT2D eigenvalue weighted by Gasteiger charge is 1.93. The molecule has 0 amide bonds. The zero-order valence-electron chi connectivity index (χ0n) is 9.97. The third kappa shape index (κ3) is 12.0. The molecule has 0 rings (SSSR count). The Hall–Kier alpha value is 0.0400. The summed E-state index contributed by atoms with van der Waals surface area (Å²) in [5, 5.41) is 7.25. The molecule has 15 heavy (non-hydrogen) atoms. The molecule has 2 N–H and O–H groups in total. The van der Waals surface area contributed by atoms with E-state index in [-0.39, 0.29) is 0 Å². The largest absolute Gasteiger partial charge is 0.363 e. The van der Waals surface area contributed by atoms with Crippen molar-refractivity contribution in [3.8, 4) is 0 Å². The summed E-state index contributed by atoms with van der Waals surface area (Å²) in [4.78, 5) is 0. The lowest BCUT2D eigenvalue weighted by Crippen LogP contribution is -2.36. The molecule has 90 valence electrons. The summed E-state index contributed by atoms with van der Waals surface area (Å²) in [6, 6.07) is 0. The van der Waals surface area contributed by atoms with E-state index >= 15 is 0 Å². The van der Waals surface area contributed by atoms with E-state index in [9.17, 15) is 0 Å². The Kier molecular flexibility index (Phi) is 12.1. The first kappa shape index (κ1) is 15.0. The minimum atomic E-state index is 0.813. The molecule has 0 aliphatic rings. The van der Waals surface area contributed by atoms with E-state index in [1.54, 1.807) is 0 Å². The first-order valence-electron chi connectivity index (χ1n) is 5.82. The van der Waals surface area contributed by atoms with Crippen molar-refractivity contribution in [2.75, 3.05) is 25.1 Å². The van der Waals surface area contributed by atoms with E-state index in [0.717, 1.165) is 18.2 Å². The summed E-state index contributed by atoms with van der Waals surface area (Å²) in [6.07, 6.45) is 8.39. The second-order valence-corrected chi connectivity index (χ2v) is 4.98. The highest BCUT2D eigenvalue weighted by Crippen LogP contribution is 2.01. The molecule has 0 aromatic carbocycles. The molecular formula is C11H24N2S2. The minimum Gasteiger partial charge on any atom is -0.363 e. The Morgan fingerprint density at radius 2 is 1.73 bits per heavy atom. The number of hydrogen-bond acceptors (Lipinski definition) is 2. The molecule has 0 heterocycles. The Bertz CT molecular complexity index is 152. The monoisotopic (exact) mass is 248 g/mol. The molecule has 0 aromatic heterocycles. The van der Waals surface area contributed by atoms with Crippen molar-refractivity contribution in [2.45, 2.75) is 39.0 Å². The molecule has 0 aliphatic carbocycles. The van der Waals surface area contributed by atoms with Crippen molar-refractivity contribution >= 4 is 29.1 Å². The van der Waals surface area contributed by atoms with Crippen LogP contribution in [0, 0.1) is 0 Å². The normalized spacial score (nSPS) is 10.0. The van der Waals surface area contributed by atoms with Gasteiger partial charge in [0, 0.05) is 13.1 Å². The molecule has 0 aliphatic heterocycles. The molecule has 0 saturated heterocycles. The van der Waals surface area contributed by atoms with Gasteiger partial charge >= 0.3 is 0 Å². The Morgan fingerprint density at radius 1 is 1.07 bits per heavy atom. The van der Waals surface area contributed by atoms with Gasteiger partial charge in [-0.2, -0.15) is 11.8 Å². The lowest BCUT2D eigenvalue weighted by molar-refractivity contribution is 0.684. The van der Waals surface area contributed by atoms with Crippen LogP contribution >= 0.6 is 24.0 Å². The van der Waals surface area contributed by atoms with Gasteiger partial charge in [-0.25, -0.2) is 0 Å². The Morgan fingerprint density at radius 3 is 2.33 bits per heavy atom. The summed E-state index contributed by atoms with van der Waals surface area (Å²) in [5.41, 5.74) is 0. The van der Waals surface area contributed by atoms with Crippen molar-refractivity contribution in [3.63, 3.8) is 0 Å². The minimum absolute atomic E-state index is 0.813. The van der Waals surface area contributed by atoms with E-state index in [2.05, 4.69) is 23.8 Å². The zero-order valence-corrected chi connectivity index (χ0v) is 11.6. The maximum atomic E-state index is 5.14. The van der Waals surface area contributed by atoms with Crippen LogP contribution in [-0.2, 0) is 0 Å². The van der Waals surface area contributed by atoms with Crippen LogP contribution in [0.15, 0.2) is 0 Å². The number of rotatable bonds is 9. The van der Waals surface area contributed by atoms with E-state index in [4.69, 9.17) is 12.2 Å². The van der Waals surface area contributed by atoms with Crippen LogP contribution in [-0.4, -0.2) is 30.2 Å². The lowest BCUT2D eigenvalue weighted by Gasteiger charge is -2.09. The Labute approximate surface area is 104 Å². The van der Waals surface area contributed by atoms with Gasteiger partial charge in [0.25, 0.3) is 0 Å². The number of nitrogens with one attached hydrogen (secondary N) is 2. The average Bonchev–Trinajstić information content (AvgIpc) is 2.23. The van der Waals surface area contributed by atoms with Crippen molar-refractivity contribution in [1.29, 1.82) is 0 Å². The van der Waals surface area contributed by atoms with E-state index in [0.29, 0.717) is 0 Å². The fraction of sp³-hybridized carbons (Fsp3) is 0.909. The molecule has 0 fully saturated rings. The number of unbranched alkanes of at least 4 members (excludes halogenated alkanes) is 3. The SMILES string of the molecule is CCCCNC(=S)NCCCCCSC. The molecule has 0 spiro atoms. The van der Waals surface area contributed by atoms with E-state index in [1.165, 1.54) is 37.9 Å². The average molecular weight is 248 g/mol. The van der Waals surface area contributed by atoms with Gasteiger partial charge in [0.1, 0.15) is 0 Å². The maximum Gasteiger partial charge on any atom is 0.166 e. The van der Waals surface area contributed by atoms with Gasteiger partial charge in [-0.15, -0.1) is 0 Å². The second-order valence-electron chi connectivity index (χ2n) is 3.59. The predicted octanol–water partition coefficient (Wildman–Crippen LogP) is 2.78. The van der Waals surface area contributed by atoms with Gasteiger partial charge < -0.3 is 10.6 Å². The summed E-state index contributed by atoms with van der Waals surface area (Å²) < 4.78 is 0. The highest BCUT2D eigenvalue weighted by atomic mass is 32.2. The van der Waals surface area contributed by atoms with E-state index in [1.807, 2.05) is 11.8 Å². The van der Waals surface area contributed by atoms with Gasteiger partial charge in [-0.3, -0.25) is 0 Å². The number of thioether (sulfide) groups is 1. The second kappa shape index (κ2) is 12.1. The summed E-state index contributed by atoms with van der Waals surface area (Å²) >= 11 is 7.06. The van der Waals surface area contributed by atoms with Crippen LogP contribution in [0.1, 0.15) is 39.0 Å². The third-order valence-corrected chi connectivity index (χ3v) is 3.11. The lowest BCUT2D eigenvalue weighted by atomic mass is 10.2. The van der Waals surface area contributed by atoms with Crippen LogP contribution < -0.4 is 10.6 Å². The molecule has 0 unspecified atom stereocenters. The van der Waals surface area contributed by atoms with Crippen molar-refractivity contribution in [3.05, 3.63) is 0 Å². The van der Waals surface area contributed by atoms with Crippen molar-refractivity contribution in [1.82, 2.24) is 10.6 Å². The summed E-state index contributed by atoms with van der Waals surface area (Å²) in [7, 11) is 0. The van der Waals surface area contributed by atoms with Gasteiger partial charge in [0.2, 0.25) is 0 Å². The first-order valence-corrected chi connectivity index (χ1v) is 7.62. The van der Waals surface area contributed by atoms with Gasteiger partial charge in [-0.1, -0.05) is 19.8 Å². The molecular weight excluding hydrogens is 224 g/mol. The maximum absolute atomic E-state index is 5.14. The molecule has 0 saturated carbocycles. The molecule has 0 radical (unpaired) electrons. The molecule has 0 atom stereocenters.